The van der Waals surface area contributed by atoms with Gasteiger partial charge < -0.3 is 15.4 Å². The largest absolute Gasteiger partial charge is 0.496 e. The van der Waals surface area contributed by atoms with Gasteiger partial charge in [0.05, 0.1) is 7.11 Å². The minimum Gasteiger partial charge on any atom is -0.496 e. The molecule has 2 N–H and O–H groups in total. The van der Waals surface area contributed by atoms with Gasteiger partial charge in [0, 0.05) is 6.04 Å². The van der Waals surface area contributed by atoms with E-state index >= 15 is 0 Å². The van der Waals surface area contributed by atoms with E-state index < -0.39 is 11.6 Å². The summed E-state index contributed by atoms with van der Waals surface area (Å²) in [5, 5.41) is 5.74. The maximum absolute atomic E-state index is 13.1. The standard InChI is InChI=1S/C20H27N3O4/c1-4-20(14-9-10-16(27-3)13(2)11-14)18(25)23(19(26)22-20)12-17(24)21-15-7-5-6-8-15/h9-11,15H,4-8,12H2,1-3H3,(H,21,24)(H,22,26). The first-order valence-electron chi connectivity index (χ1n) is 9.50. The molecule has 1 heterocycles. The van der Waals surface area contributed by atoms with Crippen LogP contribution in [0.15, 0.2) is 18.2 Å². The Morgan fingerprint density at radius 1 is 1.33 bits per heavy atom. The van der Waals surface area contributed by atoms with Crippen molar-refractivity contribution in [2.45, 2.75) is 57.5 Å². The summed E-state index contributed by atoms with van der Waals surface area (Å²) >= 11 is 0. The second-order valence-electron chi connectivity index (χ2n) is 7.31. The van der Waals surface area contributed by atoms with Crippen molar-refractivity contribution < 1.29 is 19.1 Å². The molecule has 146 valence electrons. The SMILES string of the molecule is CCC1(c2ccc(OC)c(C)c2)NC(=O)N(CC(=O)NC2CCCC2)C1=O. The molecular formula is C20H27N3O4. The first-order valence-corrected chi connectivity index (χ1v) is 9.50. The highest BCUT2D eigenvalue weighted by molar-refractivity contribution is 6.09. The Hall–Kier alpha value is -2.57. The number of methoxy groups -OCH3 is 1. The Bertz CT molecular complexity index is 758. The van der Waals surface area contributed by atoms with Gasteiger partial charge in [0.15, 0.2) is 0 Å². The molecule has 1 atom stereocenters. The number of carbonyl (C=O) groups is 3. The predicted octanol–water partition coefficient (Wildman–Crippen LogP) is 2.22. The van der Waals surface area contributed by atoms with Crippen LogP contribution >= 0.6 is 0 Å². The summed E-state index contributed by atoms with van der Waals surface area (Å²) in [5.41, 5.74) is 0.421. The summed E-state index contributed by atoms with van der Waals surface area (Å²) < 4.78 is 5.28. The van der Waals surface area contributed by atoms with Gasteiger partial charge in [-0.25, -0.2) is 4.79 Å². The van der Waals surface area contributed by atoms with Crippen LogP contribution in [0, 0.1) is 6.92 Å². The van der Waals surface area contributed by atoms with Crippen LogP contribution in [0.3, 0.4) is 0 Å². The van der Waals surface area contributed by atoms with Gasteiger partial charge in [0.2, 0.25) is 5.91 Å². The van der Waals surface area contributed by atoms with Crippen molar-refractivity contribution in [1.29, 1.82) is 0 Å². The quantitative estimate of drug-likeness (QED) is 0.749. The molecule has 0 radical (unpaired) electrons. The fraction of sp³-hybridized carbons (Fsp3) is 0.550. The van der Waals surface area contributed by atoms with Crippen molar-refractivity contribution in [1.82, 2.24) is 15.5 Å². The van der Waals surface area contributed by atoms with E-state index in [4.69, 9.17) is 4.74 Å². The summed E-state index contributed by atoms with van der Waals surface area (Å²) in [7, 11) is 1.59. The fourth-order valence-electron chi connectivity index (χ4n) is 4.04. The minimum absolute atomic E-state index is 0.151. The van der Waals surface area contributed by atoms with Crippen LogP contribution in [0.1, 0.15) is 50.2 Å². The van der Waals surface area contributed by atoms with Gasteiger partial charge in [0.25, 0.3) is 5.91 Å². The summed E-state index contributed by atoms with van der Waals surface area (Å²) in [6.07, 6.45) is 4.50. The number of benzene rings is 1. The number of imide groups is 1. The smallest absolute Gasteiger partial charge is 0.325 e. The van der Waals surface area contributed by atoms with E-state index in [0.29, 0.717) is 12.0 Å². The molecule has 2 aliphatic rings. The number of urea groups is 1. The molecule has 1 saturated heterocycles. The zero-order valence-electron chi connectivity index (χ0n) is 16.1. The Kier molecular flexibility index (Phi) is 5.39. The zero-order chi connectivity index (χ0) is 19.6. The van der Waals surface area contributed by atoms with Crippen LogP contribution in [0.2, 0.25) is 0 Å². The fourth-order valence-corrected chi connectivity index (χ4v) is 4.04. The third-order valence-corrected chi connectivity index (χ3v) is 5.62. The van der Waals surface area contributed by atoms with Crippen LogP contribution in [-0.2, 0) is 15.1 Å². The minimum atomic E-state index is -1.15. The monoisotopic (exact) mass is 373 g/mol. The van der Waals surface area contributed by atoms with Gasteiger partial charge >= 0.3 is 6.03 Å². The van der Waals surface area contributed by atoms with Crippen LogP contribution < -0.4 is 15.4 Å². The Morgan fingerprint density at radius 2 is 2.04 bits per heavy atom. The summed E-state index contributed by atoms with van der Waals surface area (Å²) in [5.74, 6) is 0.0407. The van der Waals surface area contributed by atoms with Crippen molar-refractivity contribution in [3.63, 3.8) is 0 Å². The second-order valence-corrected chi connectivity index (χ2v) is 7.31. The maximum Gasteiger partial charge on any atom is 0.325 e. The molecule has 0 aromatic heterocycles. The average Bonchev–Trinajstić information content (AvgIpc) is 3.23. The average molecular weight is 373 g/mol. The van der Waals surface area contributed by atoms with Crippen LogP contribution in [0.4, 0.5) is 4.79 Å². The number of aryl methyl sites for hydroxylation is 1. The van der Waals surface area contributed by atoms with E-state index in [0.717, 1.165) is 41.9 Å². The van der Waals surface area contributed by atoms with Crippen molar-refractivity contribution in [2.24, 2.45) is 0 Å². The van der Waals surface area contributed by atoms with Crippen LogP contribution in [-0.4, -0.2) is 42.4 Å². The van der Waals surface area contributed by atoms with Crippen molar-refractivity contribution in [3.8, 4) is 5.75 Å². The highest BCUT2D eigenvalue weighted by Crippen LogP contribution is 2.34. The zero-order valence-corrected chi connectivity index (χ0v) is 16.1. The molecule has 1 aromatic rings. The van der Waals surface area contributed by atoms with Crippen LogP contribution in [0.25, 0.3) is 0 Å². The lowest BCUT2D eigenvalue weighted by molar-refractivity contribution is -0.135. The van der Waals surface area contributed by atoms with Crippen molar-refractivity contribution in [2.75, 3.05) is 13.7 Å². The van der Waals surface area contributed by atoms with E-state index in [1.165, 1.54) is 0 Å². The number of hydrogen-bond acceptors (Lipinski definition) is 4. The van der Waals surface area contributed by atoms with E-state index in [-0.39, 0.29) is 24.4 Å². The van der Waals surface area contributed by atoms with Gasteiger partial charge in [-0.2, -0.15) is 0 Å². The summed E-state index contributed by atoms with van der Waals surface area (Å²) in [6.45, 7) is 3.48. The first-order chi connectivity index (χ1) is 12.9. The molecule has 2 fully saturated rings. The van der Waals surface area contributed by atoms with Crippen molar-refractivity contribution >= 4 is 17.8 Å². The van der Waals surface area contributed by atoms with Crippen molar-refractivity contribution in [3.05, 3.63) is 29.3 Å². The topological polar surface area (TPSA) is 87.7 Å². The van der Waals surface area contributed by atoms with E-state index in [9.17, 15) is 14.4 Å². The number of hydrogen-bond donors (Lipinski definition) is 2. The molecule has 1 aromatic carbocycles. The molecule has 27 heavy (non-hydrogen) atoms. The predicted molar refractivity (Wildman–Crippen MR) is 100 cm³/mol. The number of ether oxygens (including phenoxy) is 1. The molecule has 0 spiro atoms. The lowest BCUT2D eigenvalue weighted by atomic mass is 9.86. The van der Waals surface area contributed by atoms with Gasteiger partial charge in [-0.15, -0.1) is 0 Å². The number of nitrogens with zero attached hydrogens (tertiary/aromatic N) is 1. The highest BCUT2D eigenvalue weighted by atomic mass is 16.5. The molecule has 4 amide bonds. The molecule has 1 aliphatic carbocycles. The van der Waals surface area contributed by atoms with Crippen LogP contribution in [0.5, 0.6) is 5.75 Å². The Labute approximate surface area is 159 Å². The van der Waals surface area contributed by atoms with Gasteiger partial charge in [-0.05, 0) is 49.4 Å². The molecule has 1 unspecified atom stereocenters. The maximum atomic E-state index is 13.1. The summed E-state index contributed by atoms with van der Waals surface area (Å²) in [4.78, 5) is 39.0. The van der Waals surface area contributed by atoms with E-state index in [1.807, 2.05) is 19.9 Å². The first kappa shape index (κ1) is 19.2. The Balaban J connectivity index is 1.79. The van der Waals surface area contributed by atoms with Gasteiger partial charge in [-0.1, -0.05) is 25.8 Å². The lowest BCUT2D eigenvalue weighted by Crippen LogP contribution is -2.46. The Morgan fingerprint density at radius 3 is 2.63 bits per heavy atom. The normalized spacial score (nSPS) is 22.9. The lowest BCUT2D eigenvalue weighted by Gasteiger charge is -2.26. The van der Waals surface area contributed by atoms with E-state index in [2.05, 4.69) is 10.6 Å². The molecular weight excluding hydrogens is 346 g/mol. The number of rotatable bonds is 6. The molecule has 0 bridgehead atoms. The number of nitrogens with one attached hydrogen (secondary N) is 2. The van der Waals surface area contributed by atoms with E-state index in [1.54, 1.807) is 19.2 Å². The third-order valence-electron chi connectivity index (χ3n) is 5.62. The number of carbonyl (C=O) groups excluding carboxylic acids is 3. The molecule has 1 saturated carbocycles. The third kappa shape index (κ3) is 3.50. The van der Waals surface area contributed by atoms with Gasteiger partial charge in [0.1, 0.15) is 17.8 Å². The molecule has 3 rings (SSSR count). The second kappa shape index (κ2) is 7.58. The van der Waals surface area contributed by atoms with Gasteiger partial charge in [-0.3, -0.25) is 14.5 Å². The molecule has 7 nitrogen and oxygen atoms in total. The highest BCUT2D eigenvalue weighted by Gasteiger charge is 2.51. The summed E-state index contributed by atoms with van der Waals surface area (Å²) in [6, 6.07) is 5.05. The molecule has 1 aliphatic heterocycles. The number of amides is 4. The molecule has 7 heteroatoms.